The van der Waals surface area contributed by atoms with E-state index in [4.69, 9.17) is 0 Å². The molecule has 0 aliphatic carbocycles. The van der Waals surface area contributed by atoms with Crippen LogP contribution >= 0.6 is 0 Å². The van der Waals surface area contributed by atoms with Gasteiger partial charge >= 0.3 is 6.18 Å². The van der Waals surface area contributed by atoms with Crippen LogP contribution in [0.25, 0.3) is 0 Å². The van der Waals surface area contributed by atoms with Gasteiger partial charge in [0.05, 0.1) is 15.9 Å². The first-order chi connectivity index (χ1) is 12.1. The van der Waals surface area contributed by atoms with Crippen LogP contribution < -0.4 is 0 Å². The number of amides is 1. The minimum absolute atomic E-state index is 0.0894. The molecule has 144 valence electrons. The molecular weight excluding hydrogens is 369 g/mol. The molecule has 2 heterocycles. The molecule has 0 bridgehead atoms. The normalized spacial score (nSPS) is 21.5. The molecule has 2 aliphatic heterocycles. The highest BCUT2D eigenvalue weighted by molar-refractivity contribution is 7.89. The van der Waals surface area contributed by atoms with Crippen molar-refractivity contribution >= 4 is 15.9 Å². The number of hydrogen-bond acceptors (Lipinski definition) is 3. The number of rotatable bonds is 3. The number of carbonyl (C=O) groups excluding carboxylic acids is 1. The summed E-state index contributed by atoms with van der Waals surface area (Å²) in [7, 11) is -3.87. The van der Waals surface area contributed by atoms with E-state index in [1.165, 1.54) is 4.31 Å². The quantitative estimate of drug-likeness (QED) is 0.798. The molecule has 2 fully saturated rings. The highest BCUT2D eigenvalue weighted by atomic mass is 32.2. The molecule has 1 aromatic carbocycles. The van der Waals surface area contributed by atoms with Crippen molar-refractivity contribution in [3.63, 3.8) is 0 Å². The number of benzene rings is 1. The van der Waals surface area contributed by atoms with Crippen LogP contribution in [0.1, 0.15) is 31.7 Å². The summed E-state index contributed by atoms with van der Waals surface area (Å²) >= 11 is 0. The fourth-order valence-corrected chi connectivity index (χ4v) is 5.22. The Labute approximate surface area is 150 Å². The Balaban J connectivity index is 1.73. The van der Waals surface area contributed by atoms with Gasteiger partial charge in [0.25, 0.3) is 0 Å². The van der Waals surface area contributed by atoms with Crippen LogP contribution in [-0.4, -0.2) is 49.7 Å². The molecule has 0 aromatic heterocycles. The second-order valence-electron chi connectivity index (χ2n) is 6.84. The predicted octanol–water partition coefficient (Wildman–Crippen LogP) is 2.73. The van der Waals surface area contributed by atoms with Crippen LogP contribution in [-0.2, 0) is 21.0 Å². The largest absolute Gasteiger partial charge is 0.416 e. The minimum atomic E-state index is -4.51. The Morgan fingerprint density at radius 2 is 1.58 bits per heavy atom. The summed E-state index contributed by atoms with van der Waals surface area (Å²) in [5.74, 6) is 0.0894. The standard InChI is InChI=1S/C17H21F3N2O3S/c1-2-21-10-7-16(15(21)23)8-11-22(12-9-16)26(24,25)14-5-3-13(4-6-14)17(18,19)20/h3-6H,2,7-12H2,1H3. The molecule has 0 saturated carbocycles. The van der Waals surface area contributed by atoms with E-state index in [0.717, 1.165) is 30.7 Å². The van der Waals surface area contributed by atoms with E-state index in [1.807, 2.05) is 6.92 Å². The molecule has 0 atom stereocenters. The molecule has 0 radical (unpaired) electrons. The van der Waals surface area contributed by atoms with Crippen LogP contribution in [0.3, 0.4) is 0 Å². The Hall–Kier alpha value is -1.61. The SMILES string of the molecule is CCN1CCC2(CCN(S(=O)(=O)c3ccc(C(F)(F)F)cc3)CC2)C1=O. The topological polar surface area (TPSA) is 57.7 Å². The number of nitrogens with zero attached hydrogens (tertiary/aromatic N) is 2. The average molecular weight is 390 g/mol. The molecule has 1 spiro atoms. The van der Waals surface area contributed by atoms with Crippen LogP contribution in [0.5, 0.6) is 0 Å². The highest BCUT2D eigenvalue weighted by Gasteiger charge is 2.49. The Morgan fingerprint density at radius 1 is 1.04 bits per heavy atom. The number of hydrogen-bond donors (Lipinski definition) is 0. The van der Waals surface area contributed by atoms with E-state index < -0.39 is 27.2 Å². The van der Waals surface area contributed by atoms with Crippen LogP contribution in [0.4, 0.5) is 13.2 Å². The maximum atomic E-state index is 12.7. The second-order valence-corrected chi connectivity index (χ2v) is 8.78. The van der Waals surface area contributed by atoms with Gasteiger partial charge in [-0.25, -0.2) is 8.42 Å². The van der Waals surface area contributed by atoms with Crippen molar-refractivity contribution in [2.24, 2.45) is 5.41 Å². The van der Waals surface area contributed by atoms with E-state index in [9.17, 15) is 26.4 Å². The summed E-state index contributed by atoms with van der Waals surface area (Å²) in [6.45, 7) is 3.66. The number of likely N-dealkylation sites (tertiary alicyclic amines) is 1. The van der Waals surface area contributed by atoms with E-state index in [1.54, 1.807) is 4.90 Å². The molecule has 1 amide bonds. The monoisotopic (exact) mass is 390 g/mol. The summed E-state index contributed by atoms with van der Waals surface area (Å²) < 4.78 is 64.6. The Kier molecular flexibility index (Phi) is 4.81. The third kappa shape index (κ3) is 3.22. The lowest BCUT2D eigenvalue weighted by Crippen LogP contribution is -2.46. The zero-order valence-corrected chi connectivity index (χ0v) is 15.2. The van der Waals surface area contributed by atoms with Gasteiger partial charge < -0.3 is 4.90 Å². The molecule has 1 aromatic rings. The number of piperidine rings is 1. The summed E-state index contributed by atoms with van der Waals surface area (Å²) in [6, 6.07) is 3.53. The van der Waals surface area contributed by atoms with Gasteiger partial charge in [-0.3, -0.25) is 4.79 Å². The number of carbonyl (C=O) groups is 1. The molecule has 0 unspecified atom stereocenters. The number of halogens is 3. The molecule has 26 heavy (non-hydrogen) atoms. The first-order valence-corrected chi connectivity index (χ1v) is 10.0. The summed E-state index contributed by atoms with van der Waals surface area (Å²) in [5.41, 5.74) is -1.37. The third-order valence-electron chi connectivity index (χ3n) is 5.48. The smallest absolute Gasteiger partial charge is 0.342 e. The lowest BCUT2D eigenvalue weighted by molar-refractivity contribution is -0.138. The van der Waals surface area contributed by atoms with E-state index in [-0.39, 0.29) is 23.9 Å². The zero-order chi connectivity index (χ0) is 19.2. The van der Waals surface area contributed by atoms with Crippen molar-refractivity contribution in [3.8, 4) is 0 Å². The van der Waals surface area contributed by atoms with Crippen LogP contribution in [0.2, 0.25) is 0 Å². The van der Waals surface area contributed by atoms with Gasteiger partial charge in [-0.15, -0.1) is 0 Å². The van der Waals surface area contributed by atoms with Gasteiger partial charge in [-0.2, -0.15) is 17.5 Å². The molecule has 2 aliphatic rings. The van der Waals surface area contributed by atoms with Crippen LogP contribution in [0, 0.1) is 5.41 Å². The van der Waals surface area contributed by atoms with Gasteiger partial charge in [0.15, 0.2) is 0 Å². The van der Waals surface area contributed by atoms with Gasteiger partial charge in [0.2, 0.25) is 15.9 Å². The first-order valence-electron chi connectivity index (χ1n) is 8.57. The van der Waals surface area contributed by atoms with E-state index in [2.05, 4.69) is 0 Å². The third-order valence-corrected chi connectivity index (χ3v) is 7.39. The highest BCUT2D eigenvalue weighted by Crippen LogP contribution is 2.42. The van der Waals surface area contributed by atoms with Gasteiger partial charge in [-0.1, -0.05) is 0 Å². The van der Waals surface area contributed by atoms with Gasteiger partial charge in [0, 0.05) is 26.2 Å². The molecule has 3 rings (SSSR count). The predicted molar refractivity (Wildman–Crippen MR) is 88.7 cm³/mol. The maximum Gasteiger partial charge on any atom is 0.416 e. The molecule has 2 saturated heterocycles. The van der Waals surface area contributed by atoms with Gasteiger partial charge in [0.1, 0.15) is 0 Å². The molecule has 0 N–H and O–H groups in total. The molecule has 9 heteroatoms. The Bertz CT molecular complexity index is 782. The van der Waals surface area contributed by atoms with Gasteiger partial charge in [-0.05, 0) is 50.5 Å². The molecular formula is C17H21F3N2O3S. The average Bonchev–Trinajstić information content (AvgIpc) is 2.90. The number of alkyl halides is 3. The van der Waals surface area contributed by atoms with Crippen molar-refractivity contribution < 1.29 is 26.4 Å². The lowest BCUT2D eigenvalue weighted by atomic mass is 9.77. The maximum absolute atomic E-state index is 12.7. The van der Waals surface area contributed by atoms with Crippen LogP contribution in [0.15, 0.2) is 29.2 Å². The summed E-state index contributed by atoms with van der Waals surface area (Å²) in [5, 5.41) is 0. The summed E-state index contributed by atoms with van der Waals surface area (Å²) in [6.07, 6.45) is -2.88. The van der Waals surface area contributed by atoms with E-state index >= 15 is 0 Å². The fraction of sp³-hybridized carbons (Fsp3) is 0.588. The van der Waals surface area contributed by atoms with Crippen molar-refractivity contribution in [1.82, 2.24) is 9.21 Å². The Morgan fingerprint density at radius 3 is 2.04 bits per heavy atom. The molecule has 5 nitrogen and oxygen atoms in total. The van der Waals surface area contributed by atoms with Crippen molar-refractivity contribution in [3.05, 3.63) is 29.8 Å². The lowest BCUT2D eigenvalue weighted by Gasteiger charge is -2.37. The zero-order valence-electron chi connectivity index (χ0n) is 14.4. The number of sulfonamides is 1. The second kappa shape index (κ2) is 6.53. The van der Waals surface area contributed by atoms with Crippen molar-refractivity contribution in [1.29, 1.82) is 0 Å². The first kappa shape index (κ1) is 19.2. The van der Waals surface area contributed by atoms with Crippen molar-refractivity contribution in [2.45, 2.75) is 37.3 Å². The minimum Gasteiger partial charge on any atom is -0.342 e. The fourth-order valence-electron chi connectivity index (χ4n) is 3.78. The van der Waals surface area contributed by atoms with E-state index in [0.29, 0.717) is 25.9 Å². The van der Waals surface area contributed by atoms with Crippen molar-refractivity contribution in [2.75, 3.05) is 26.2 Å². The summed E-state index contributed by atoms with van der Waals surface area (Å²) in [4.78, 5) is 14.2.